The number of methoxy groups -OCH3 is 1. The molecule has 2 bridgehead atoms. The summed E-state index contributed by atoms with van der Waals surface area (Å²) in [6.07, 6.45) is 4.35. The first kappa shape index (κ1) is 20.7. The van der Waals surface area contributed by atoms with Gasteiger partial charge >= 0.3 is 5.97 Å². The summed E-state index contributed by atoms with van der Waals surface area (Å²) in [7, 11) is 3.84. The Morgan fingerprint density at radius 1 is 0.964 bits per heavy atom. The van der Waals surface area contributed by atoms with Crippen LogP contribution in [0.3, 0.4) is 0 Å². The van der Waals surface area contributed by atoms with Crippen molar-refractivity contribution < 1.29 is 14.3 Å². The second-order valence-electron chi connectivity index (χ2n) is 7.70. The fraction of sp³-hybridized carbons (Fsp3) is 0.435. The number of rotatable bonds is 5. The van der Waals surface area contributed by atoms with Crippen molar-refractivity contribution in [1.29, 1.82) is 0 Å². The number of hydrogen-bond donors (Lipinski definition) is 0. The third-order valence-corrected chi connectivity index (χ3v) is 6.16. The fourth-order valence-corrected chi connectivity index (χ4v) is 4.60. The first-order chi connectivity index (χ1) is 13.2. The van der Waals surface area contributed by atoms with Crippen LogP contribution in [-0.4, -0.2) is 43.2 Å². The highest BCUT2D eigenvalue weighted by Gasteiger charge is 2.40. The molecule has 0 aromatic heterocycles. The van der Waals surface area contributed by atoms with Crippen LogP contribution in [0.15, 0.2) is 54.6 Å². The van der Waals surface area contributed by atoms with Crippen molar-refractivity contribution >= 4 is 18.4 Å². The van der Waals surface area contributed by atoms with Crippen LogP contribution < -0.4 is 4.74 Å². The van der Waals surface area contributed by atoms with Crippen LogP contribution in [0.2, 0.25) is 0 Å². The van der Waals surface area contributed by atoms with E-state index in [9.17, 15) is 4.79 Å². The molecule has 0 N–H and O–H groups in total. The molecule has 4 nitrogen and oxygen atoms in total. The topological polar surface area (TPSA) is 38.8 Å². The summed E-state index contributed by atoms with van der Waals surface area (Å²) < 4.78 is 11.3. The molecule has 0 spiro atoms. The standard InChI is InChI=1S/C23H27NO3.ClH/c1-24-18-10-11-19(24)15-21(14-18)27-23(25)22(16-6-4-3-5-7-16)17-8-12-20(26-2)13-9-17;/h3-9,12-13,18-19,21-22H,10-11,14-15H2,1-2H3;1H. The molecular weight excluding hydrogens is 374 g/mol. The number of hydrogen-bond acceptors (Lipinski definition) is 4. The van der Waals surface area contributed by atoms with E-state index in [1.54, 1.807) is 7.11 Å². The Morgan fingerprint density at radius 3 is 2.11 bits per heavy atom. The quantitative estimate of drug-likeness (QED) is 0.695. The molecule has 2 aromatic rings. The zero-order valence-corrected chi connectivity index (χ0v) is 17.2. The van der Waals surface area contributed by atoms with E-state index in [0.29, 0.717) is 12.1 Å². The molecule has 150 valence electrons. The number of nitrogens with zero attached hydrogens (tertiary/aromatic N) is 1. The Hall–Kier alpha value is -2.04. The van der Waals surface area contributed by atoms with Gasteiger partial charge in [0.1, 0.15) is 17.8 Å². The maximum Gasteiger partial charge on any atom is 0.318 e. The summed E-state index contributed by atoms with van der Waals surface area (Å²) in [5, 5.41) is 0. The van der Waals surface area contributed by atoms with Crippen LogP contribution in [0, 0.1) is 0 Å². The molecule has 2 aliphatic heterocycles. The lowest BCUT2D eigenvalue weighted by atomic mass is 9.91. The first-order valence-electron chi connectivity index (χ1n) is 9.77. The number of carbonyl (C=O) groups excluding carboxylic acids is 1. The molecule has 0 saturated carbocycles. The van der Waals surface area contributed by atoms with Gasteiger partial charge in [-0.1, -0.05) is 42.5 Å². The highest BCUT2D eigenvalue weighted by molar-refractivity contribution is 5.85. The lowest BCUT2D eigenvalue weighted by Crippen LogP contribution is -2.43. The van der Waals surface area contributed by atoms with E-state index in [2.05, 4.69) is 11.9 Å². The van der Waals surface area contributed by atoms with Gasteiger partial charge in [-0.25, -0.2) is 0 Å². The van der Waals surface area contributed by atoms with Crippen molar-refractivity contribution in [3.63, 3.8) is 0 Å². The predicted octanol–water partition coefficient (Wildman–Crippen LogP) is 4.42. The molecule has 3 unspecified atom stereocenters. The molecule has 5 heteroatoms. The van der Waals surface area contributed by atoms with Crippen LogP contribution in [0.25, 0.3) is 0 Å². The number of esters is 1. The summed E-state index contributed by atoms with van der Waals surface area (Å²) >= 11 is 0. The van der Waals surface area contributed by atoms with E-state index >= 15 is 0 Å². The summed E-state index contributed by atoms with van der Waals surface area (Å²) in [5.74, 6) is 0.223. The van der Waals surface area contributed by atoms with Crippen molar-refractivity contribution in [2.75, 3.05) is 14.2 Å². The Morgan fingerprint density at radius 2 is 1.54 bits per heavy atom. The van der Waals surface area contributed by atoms with E-state index in [-0.39, 0.29) is 24.5 Å². The maximum atomic E-state index is 13.2. The molecular formula is C23H28ClNO3. The number of halogens is 1. The molecule has 2 aliphatic rings. The van der Waals surface area contributed by atoms with E-state index in [0.717, 1.165) is 29.7 Å². The molecule has 0 amide bonds. The zero-order chi connectivity index (χ0) is 18.8. The number of carbonyl (C=O) groups is 1. The molecule has 0 aliphatic carbocycles. The molecule has 2 heterocycles. The van der Waals surface area contributed by atoms with Crippen molar-refractivity contribution in [2.45, 2.75) is 49.8 Å². The second-order valence-corrected chi connectivity index (χ2v) is 7.70. The highest BCUT2D eigenvalue weighted by atomic mass is 35.5. The summed E-state index contributed by atoms with van der Waals surface area (Å²) in [6.45, 7) is 0. The van der Waals surface area contributed by atoms with E-state index in [1.807, 2.05) is 54.6 Å². The van der Waals surface area contributed by atoms with Gasteiger partial charge in [-0.3, -0.25) is 4.79 Å². The van der Waals surface area contributed by atoms with Crippen molar-refractivity contribution in [3.8, 4) is 5.75 Å². The van der Waals surface area contributed by atoms with Gasteiger partial charge < -0.3 is 14.4 Å². The maximum absolute atomic E-state index is 13.2. The highest BCUT2D eigenvalue weighted by Crippen LogP contribution is 2.37. The zero-order valence-electron chi connectivity index (χ0n) is 16.4. The fourth-order valence-electron chi connectivity index (χ4n) is 4.60. The molecule has 28 heavy (non-hydrogen) atoms. The van der Waals surface area contributed by atoms with Gasteiger partial charge in [-0.15, -0.1) is 12.4 Å². The van der Waals surface area contributed by atoms with Gasteiger partial charge in [0.05, 0.1) is 7.11 Å². The lowest BCUT2D eigenvalue weighted by molar-refractivity contribution is -0.153. The van der Waals surface area contributed by atoms with Gasteiger partial charge in [0.15, 0.2) is 0 Å². The molecule has 2 fully saturated rings. The minimum atomic E-state index is -0.408. The molecule has 4 rings (SSSR count). The molecule has 0 radical (unpaired) electrons. The minimum Gasteiger partial charge on any atom is -0.497 e. The number of fused-ring (bicyclic) bond motifs is 2. The first-order valence-corrected chi connectivity index (χ1v) is 9.77. The summed E-state index contributed by atoms with van der Waals surface area (Å²) in [5.41, 5.74) is 1.89. The van der Waals surface area contributed by atoms with Crippen LogP contribution in [-0.2, 0) is 9.53 Å². The van der Waals surface area contributed by atoms with Crippen LogP contribution in [0.1, 0.15) is 42.7 Å². The van der Waals surface area contributed by atoms with E-state index < -0.39 is 5.92 Å². The molecule has 2 saturated heterocycles. The Balaban J connectivity index is 0.00000225. The van der Waals surface area contributed by atoms with Crippen molar-refractivity contribution in [3.05, 3.63) is 65.7 Å². The summed E-state index contributed by atoms with van der Waals surface area (Å²) in [6, 6.07) is 18.7. The second kappa shape index (κ2) is 8.97. The molecule has 3 atom stereocenters. The number of ether oxygens (including phenoxy) is 2. The van der Waals surface area contributed by atoms with E-state index in [1.165, 1.54) is 12.8 Å². The van der Waals surface area contributed by atoms with Gasteiger partial charge in [-0.2, -0.15) is 0 Å². The third kappa shape index (κ3) is 4.18. The monoisotopic (exact) mass is 401 g/mol. The van der Waals surface area contributed by atoms with Gasteiger partial charge in [0.2, 0.25) is 0 Å². The van der Waals surface area contributed by atoms with Crippen molar-refractivity contribution in [1.82, 2.24) is 4.90 Å². The Kier molecular flexibility index (Phi) is 6.63. The summed E-state index contributed by atoms with van der Waals surface area (Å²) in [4.78, 5) is 15.7. The smallest absolute Gasteiger partial charge is 0.318 e. The largest absolute Gasteiger partial charge is 0.497 e. The molecule has 2 aromatic carbocycles. The van der Waals surface area contributed by atoms with E-state index in [4.69, 9.17) is 9.47 Å². The predicted molar refractivity (Wildman–Crippen MR) is 112 cm³/mol. The number of piperidine rings is 1. The average molecular weight is 402 g/mol. The van der Waals surface area contributed by atoms with Gasteiger partial charge in [-0.05, 0) is 56.0 Å². The van der Waals surface area contributed by atoms with Crippen molar-refractivity contribution in [2.24, 2.45) is 0 Å². The number of benzene rings is 2. The Bertz CT molecular complexity index is 766. The minimum absolute atomic E-state index is 0. The van der Waals surface area contributed by atoms with Crippen LogP contribution >= 0.6 is 12.4 Å². The van der Waals surface area contributed by atoms with Crippen LogP contribution in [0.4, 0.5) is 0 Å². The van der Waals surface area contributed by atoms with Gasteiger partial charge in [0, 0.05) is 12.1 Å². The Labute approximate surface area is 173 Å². The van der Waals surface area contributed by atoms with Crippen LogP contribution in [0.5, 0.6) is 5.75 Å². The SMILES string of the molecule is COc1ccc(C(C(=O)OC2CC3CCC(C2)N3C)c2ccccc2)cc1.Cl. The van der Waals surface area contributed by atoms with Gasteiger partial charge in [0.25, 0.3) is 0 Å². The third-order valence-electron chi connectivity index (χ3n) is 6.16. The lowest BCUT2D eigenvalue weighted by Gasteiger charge is -2.36. The normalized spacial score (nSPS) is 24.9. The average Bonchev–Trinajstić information content (AvgIpc) is 2.90.